The molecule has 1 aliphatic heterocycles. The summed E-state index contributed by atoms with van der Waals surface area (Å²) in [7, 11) is 0. The first-order chi connectivity index (χ1) is 13.8. The third-order valence-corrected chi connectivity index (χ3v) is 5.10. The molecular formula is C21H30N6O2. The topological polar surface area (TPSA) is 92.2 Å². The van der Waals surface area contributed by atoms with E-state index in [4.69, 9.17) is 0 Å². The second-order valence-corrected chi connectivity index (χ2v) is 7.92. The van der Waals surface area contributed by atoms with Crippen LogP contribution >= 0.6 is 0 Å². The summed E-state index contributed by atoms with van der Waals surface area (Å²) in [5.74, 6) is 1.68. The molecule has 0 spiro atoms. The van der Waals surface area contributed by atoms with Gasteiger partial charge in [-0.2, -0.15) is 0 Å². The highest BCUT2D eigenvalue weighted by molar-refractivity contribution is 5.88. The average Bonchev–Trinajstić information content (AvgIpc) is 2.97. The minimum atomic E-state index is -0.168. The van der Waals surface area contributed by atoms with Gasteiger partial charge in [0.1, 0.15) is 5.82 Å². The van der Waals surface area contributed by atoms with Gasteiger partial charge in [-0.1, -0.05) is 26.0 Å². The summed E-state index contributed by atoms with van der Waals surface area (Å²) in [6.07, 6.45) is 0.821. The molecule has 2 amide bonds. The van der Waals surface area contributed by atoms with Crippen LogP contribution in [0.2, 0.25) is 0 Å². The van der Waals surface area contributed by atoms with Gasteiger partial charge < -0.3 is 15.2 Å². The lowest BCUT2D eigenvalue weighted by molar-refractivity contribution is -0.124. The molecule has 2 aromatic rings. The summed E-state index contributed by atoms with van der Waals surface area (Å²) in [5, 5.41) is 14.5. The third kappa shape index (κ3) is 5.41. The number of nitrogens with one attached hydrogen (secondary N) is 2. The van der Waals surface area contributed by atoms with Crippen LogP contribution < -0.4 is 10.6 Å². The van der Waals surface area contributed by atoms with Crippen LogP contribution in [0.15, 0.2) is 24.3 Å². The van der Waals surface area contributed by atoms with E-state index >= 15 is 0 Å². The summed E-state index contributed by atoms with van der Waals surface area (Å²) < 4.78 is 2.14. The number of rotatable bonds is 6. The van der Waals surface area contributed by atoms with Crippen molar-refractivity contribution in [1.82, 2.24) is 25.0 Å². The van der Waals surface area contributed by atoms with Crippen LogP contribution in [-0.2, 0) is 29.1 Å². The molecule has 1 aromatic heterocycles. The molecule has 29 heavy (non-hydrogen) atoms. The Morgan fingerprint density at radius 3 is 2.45 bits per heavy atom. The molecular weight excluding hydrogens is 368 g/mol. The molecule has 8 heteroatoms. The molecule has 1 aromatic carbocycles. The highest BCUT2D eigenvalue weighted by atomic mass is 16.2. The highest BCUT2D eigenvalue weighted by Gasteiger charge is 2.23. The van der Waals surface area contributed by atoms with E-state index in [2.05, 4.69) is 30.3 Å². The number of carbonyl (C=O) groups excluding carboxylic acids is 2. The third-order valence-electron chi connectivity index (χ3n) is 5.10. The van der Waals surface area contributed by atoms with Crippen molar-refractivity contribution < 1.29 is 9.59 Å². The van der Waals surface area contributed by atoms with Gasteiger partial charge in [0, 0.05) is 51.1 Å². The summed E-state index contributed by atoms with van der Waals surface area (Å²) in [6, 6.07) is 7.79. The Balaban J connectivity index is 1.61. The van der Waals surface area contributed by atoms with E-state index in [0.29, 0.717) is 0 Å². The lowest BCUT2D eigenvalue weighted by Gasteiger charge is -2.20. The van der Waals surface area contributed by atoms with Crippen molar-refractivity contribution in [3.8, 4) is 0 Å². The molecule has 156 valence electrons. The van der Waals surface area contributed by atoms with Gasteiger partial charge in [0.05, 0.1) is 6.04 Å². The van der Waals surface area contributed by atoms with Gasteiger partial charge >= 0.3 is 0 Å². The first kappa shape index (κ1) is 21.0. The molecule has 2 heterocycles. The predicted molar refractivity (Wildman–Crippen MR) is 111 cm³/mol. The van der Waals surface area contributed by atoms with Gasteiger partial charge in [-0.15, -0.1) is 10.2 Å². The van der Waals surface area contributed by atoms with E-state index in [-0.39, 0.29) is 23.8 Å². The monoisotopic (exact) mass is 398 g/mol. The van der Waals surface area contributed by atoms with Crippen LogP contribution in [0.1, 0.15) is 50.9 Å². The fourth-order valence-corrected chi connectivity index (χ4v) is 3.47. The lowest BCUT2D eigenvalue weighted by atomic mass is 10.2. The summed E-state index contributed by atoms with van der Waals surface area (Å²) in [5.41, 5.74) is 2.01. The van der Waals surface area contributed by atoms with Crippen LogP contribution in [0.25, 0.3) is 0 Å². The van der Waals surface area contributed by atoms with Crippen LogP contribution in [0.3, 0.4) is 0 Å². The number of amides is 2. The van der Waals surface area contributed by atoms with Crippen molar-refractivity contribution in [3.63, 3.8) is 0 Å². The summed E-state index contributed by atoms with van der Waals surface area (Å²) >= 11 is 0. The molecule has 8 nitrogen and oxygen atoms in total. The first-order valence-electron chi connectivity index (χ1n) is 10.1. The van der Waals surface area contributed by atoms with Crippen molar-refractivity contribution in [1.29, 1.82) is 0 Å². The number of benzene rings is 1. The van der Waals surface area contributed by atoms with E-state index in [1.807, 2.05) is 45.0 Å². The van der Waals surface area contributed by atoms with Gasteiger partial charge in [-0.05, 0) is 24.6 Å². The number of aromatic nitrogens is 3. The Bertz CT molecular complexity index is 859. The molecule has 0 bridgehead atoms. The van der Waals surface area contributed by atoms with E-state index in [1.165, 1.54) is 12.5 Å². The van der Waals surface area contributed by atoms with Gasteiger partial charge in [-0.25, -0.2) is 0 Å². The smallest absolute Gasteiger partial charge is 0.223 e. The van der Waals surface area contributed by atoms with Crippen molar-refractivity contribution in [2.45, 2.75) is 53.2 Å². The number of carbonyl (C=O) groups is 2. The van der Waals surface area contributed by atoms with Crippen LogP contribution in [0, 0.1) is 5.92 Å². The fourth-order valence-electron chi connectivity index (χ4n) is 3.47. The number of hydrogen-bond donors (Lipinski definition) is 2. The largest absolute Gasteiger partial charge is 0.346 e. The van der Waals surface area contributed by atoms with Gasteiger partial charge in [-0.3, -0.25) is 14.5 Å². The standard InChI is InChI=1S/C21H30N6O2/c1-14(2)21(29)22-15(3)20-25-24-19-9-10-26(11-12-27(19)20)13-17-5-7-18(8-6-17)23-16(4)28/h5-8,14-15H,9-13H2,1-4H3,(H,22,29)(H,23,28)/t15-/m0/s1. The summed E-state index contributed by atoms with van der Waals surface area (Å²) in [4.78, 5) is 25.6. The zero-order valence-electron chi connectivity index (χ0n) is 17.6. The van der Waals surface area contributed by atoms with Crippen molar-refractivity contribution in [3.05, 3.63) is 41.5 Å². The second-order valence-electron chi connectivity index (χ2n) is 7.92. The minimum absolute atomic E-state index is 0.0211. The number of hydrogen-bond acceptors (Lipinski definition) is 5. The van der Waals surface area contributed by atoms with Crippen molar-refractivity contribution in [2.24, 2.45) is 5.92 Å². The van der Waals surface area contributed by atoms with E-state index in [1.54, 1.807) is 0 Å². The van der Waals surface area contributed by atoms with Crippen LogP contribution in [0.5, 0.6) is 0 Å². The molecule has 0 radical (unpaired) electrons. The van der Waals surface area contributed by atoms with Crippen molar-refractivity contribution in [2.75, 3.05) is 18.4 Å². The molecule has 0 unspecified atom stereocenters. The maximum Gasteiger partial charge on any atom is 0.223 e. The Kier molecular flexibility index (Phi) is 6.64. The normalized spacial score (nSPS) is 15.5. The number of anilines is 1. The van der Waals surface area contributed by atoms with Gasteiger partial charge in [0.2, 0.25) is 11.8 Å². The van der Waals surface area contributed by atoms with E-state index in [9.17, 15) is 9.59 Å². The zero-order valence-corrected chi connectivity index (χ0v) is 17.6. The molecule has 0 saturated carbocycles. The number of fused-ring (bicyclic) bond motifs is 1. The molecule has 0 saturated heterocycles. The quantitative estimate of drug-likeness (QED) is 0.778. The summed E-state index contributed by atoms with van der Waals surface area (Å²) in [6.45, 7) is 10.6. The zero-order chi connectivity index (χ0) is 21.0. The molecule has 3 rings (SSSR count). The van der Waals surface area contributed by atoms with E-state index in [0.717, 1.165) is 49.9 Å². The van der Waals surface area contributed by atoms with Gasteiger partial charge in [0.15, 0.2) is 5.82 Å². The molecule has 0 fully saturated rings. The fraction of sp³-hybridized carbons (Fsp3) is 0.524. The van der Waals surface area contributed by atoms with Gasteiger partial charge in [0.25, 0.3) is 0 Å². The van der Waals surface area contributed by atoms with Crippen LogP contribution in [0.4, 0.5) is 5.69 Å². The van der Waals surface area contributed by atoms with Crippen LogP contribution in [-0.4, -0.2) is 44.6 Å². The number of nitrogens with zero attached hydrogens (tertiary/aromatic N) is 4. The van der Waals surface area contributed by atoms with E-state index < -0.39 is 0 Å². The Morgan fingerprint density at radius 2 is 1.79 bits per heavy atom. The maximum absolute atomic E-state index is 12.0. The molecule has 1 aliphatic rings. The van der Waals surface area contributed by atoms with Crippen molar-refractivity contribution >= 4 is 17.5 Å². The molecule has 2 N–H and O–H groups in total. The SMILES string of the molecule is CC(=O)Nc1ccc(CN2CCc3nnc([C@H](C)NC(=O)C(C)C)n3CC2)cc1. The highest BCUT2D eigenvalue weighted by Crippen LogP contribution is 2.18. The lowest BCUT2D eigenvalue weighted by Crippen LogP contribution is -2.32. The molecule has 0 aliphatic carbocycles. The predicted octanol–water partition coefficient (Wildman–Crippen LogP) is 2.13. The first-order valence-corrected chi connectivity index (χ1v) is 10.1. The molecule has 1 atom stereocenters. The second kappa shape index (κ2) is 9.17. The Morgan fingerprint density at radius 1 is 1.07 bits per heavy atom. The Hall–Kier alpha value is -2.74. The minimum Gasteiger partial charge on any atom is -0.346 e. The Labute approximate surface area is 171 Å². The average molecular weight is 399 g/mol. The maximum atomic E-state index is 12.0.